The molecule has 0 aromatic carbocycles. The van der Waals surface area contributed by atoms with Gasteiger partial charge in [0.05, 0.1) is 6.42 Å². The van der Waals surface area contributed by atoms with Gasteiger partial charge in [0.25, 0.3) is 0 Å². The van der Waals surface area contributed by atoms with Crippen LogP contribution in [0.3, 0.4) is 0 Å². The Kier molecular flexibility index (Phi) is 4.72. The Labute approximate surface area is 103 Å². The van der Waals surface area contributed by atoms with E-state index in [1.165, 1.54) is 6.42 Å². The Morgan fingerprint density at radius 1 is 0.824 bits per heavy atom. The van der Waals surface area contributed by atoms with Gasteiger partial charge >= 0.3 is 0 Å². The number of carbonyl (C=O) groups is 2. The molecule has 0 amide bonds. The average molecular weight is 238 g/mol. The molecule has 1 aliphatic carbocycles. The van der Waals surface area contributed by atoms with Crippen molar-refractivity contribution in [2.45, 2.75) is 51.4 Å². The summed E-state index contributed by atoms with van der Waals surface area (Å²) in [5, 5.41) is 0. The second-order valence-electron chi connectivity index (χ2n) is 5.33. The van der Waals surface area contributed by atoms with Gasteiger partial charge in [-0.2, -0.15) is 0 Å². The Hall–Kier alpha value is -0.700. The lowest BCUT2D eigenvalue weighted by Crippen LogP contribution is -2.28. The number of carbonyl (C=O) groups excluding carboxylic acids is 2. The van der Waals surface area contributed by atoms with Gasteiger partial charge in [0.15, 0.2) is 0 Å². The summed E-state index contributed by atoms with van der Waals surface area (Å²) in [5.74, 6) is 0.605. The van der Waals surface area contributed by atoms with Crippen LogP contribution in [0, 0.1) is 11.8 Å². The number of ether oxygens (including phenoxy) is 1. The van der Waals surface area contributed by atoms with Crippen LogP contribution in [0.15, 0.2) is 0 Å². The molecule has 0 spiro atoms. The van der Waals surface area contributed by atoms with Gasteiger partial charge in [-0.3, -0.25) is 9.59 Å². The normalized spacial score (nSPS) is 23.5. The first-order valence-corrected chi connectivity index (χ1v) is 6.90. The molecule has 0 aromatic rings. The summed E-state index contributed by atoms with van der Waals surface area (Å²) in [5.41, 5.74) is 0. The van der Waals surface area contributed by atoms with Gasteiger partial charge < -0.3 is 4.74 Å². The van der Waals surface area contributed by atoms with Crippen LogP contribution >= 0.6 is 0 Å². The fourth-order valence-corrected chi connectivity index (χ4v) is 2.90. The van der Waals surface area contributed by atoms with Gasteiger partial charge in [-0.1, -0.05) is 19.3 Å². The van der Waals surface area contributed by atoms with E-state index in [-0.39, 0.29) is 29.8 Å². The standard InChI is InChI=1S/C14H22O3/c15-13(11-4-2-1-3-5-11)10-14(16)12-6-8-17-9-7-12/h11-12H,1-10H2. The van der Waals surface area contributed by atoms with Gasteiger partial charge in [0.2, 0.25) is 0 Å². The topological polar surface area (TPSA) is 43.4 Å². The smallest absolute Gasteiger partial charge is 0.143 e. The third-order valence-corrected chi connectivity index (χ3v) is 4.09. The van der Waals surface area contributed by atoms with Crippen molar-refractivity contribution >= 4 is 11.6 Å². The largest absolute Gasteiger partial charge is 0.381 e. The Morgan fingerprint density at radius 3 is 1.94 bits per heavy atom. The number of Topliss-reactive ketones (excluding diaryl/α,β-unsaturated/α-hetero) is 2. The molecule has 1 saturated carbocycles. The highest BCUT2D eigenvalue weighted by molar-refractivity contribution is 6.01. The summed E-state index contributed by atoms with van der Waals surface area (Å²) in [6.45, 7) is 1.35. The third kappa shape index (κ3) is 3.63. The number of hydrogen-bond donors (Lipinski definition) is 0. The molecule has 3 heteroatoms. The minimum absolute atomic E-state index is 0.0799. The number of rotatable bonds is 4. The van der Waals surface area contributed by atoms with Crippen LogP contribution in [0.2, 0.25) is 0 Å². The zero-order chi connectivity index (χ0) is 12.1. The molecule has 2 fully saturated rings. The maximum Gasteiger partial charge on any atom is 0.143 e. The molecule has 17 heavy (non-hydrogen) atoms. The predicted molar refractivity (Wildman–Crippen MR) is 64.7 cm³/mol. The van der Waals surface area contributed by atoms with E-state index in [0.717, 1.165) is 38.5 Å². The molecule has 2 aliphatic rings. The second kappa shape index (κ2) is 6.29. The van der Waals surface area contributed by atoms with Crippen LogP contribution in [-0.2, 0) is 14.3 Å². The quantitative estimate of drug-likeness (QED) is 0.707. The molecule has 1 heterocycles. The minimum atomic E-state index is 0.0799. The van der Waals surface area contributed by atoms with E-state index in [4.69, 9.17) is 4.74 Å². The van der Waals surface area contributed by atoms with Gasteiger partial charge in [-0.25, -0.2) is 0 Å². The highest BCUT2D eigenvalue weighted by Crippen LogP contribution is 2.26. The van der Waals surface area contributed by atoms with Crippen molar-refractivity contribution in [3.8, 4) is 0 Å². The van der Waals surface area contributed by atoms with E-state index in [2.05, 4.69) is 0 Å². The average Bonchev–Trinajstić information content (AvgIpc) is 2.40. The molecule has 96 valence electrons. The van der Waals surface area contributed by atoms with E-state index in [0.29, 0.717) is 13.2 Å². The van der Waals surface area contributed by atoms with Crippen LogP contribution in [0.5, 0.6) is 0 Å². The molecule has 3 nitrogen and oxygen atoms in total. The van der Waals surface area contributed by atoms with E-state index in [9.17, 15) is 9.59 Å². The van der Waals surface area contributed by atoms with Crippen LogP contribution in [0.4, 0.5) is 0 Å². The Balaban J connectivity index is 1.78. The SMILES string of the molecule is O=C(CC(=O)C1CCOCC1)C1CCCCC1. The molecular weight excluding hydrogens is 216 g/mol. The molecule has 0 aromatic heterocycles. The van der Waals surface area contributed by atoms with Gasteiger partial charge in [-0.05, 0) is 25.7 Å². The highest BCUT2D eigenvalue weighted by Gasteiger charge is 2.27. The fourth-order valence-electron chi connectivity index (χ4n) is 2.90. The first-order valence-electron chi connectivity index (χ1n) is 6.90. The zero-order valence-electron chi connectivity index (χ0n) is 10.5. The van der Waals surface area contributed by atoms with Crippen molar-refractivity contribution in [3.05, 3.63) is 0 Å². The Morgan fingerprint density at radius 2 is 1.35 bits per heavy atom. The Bertz CT molecular complexity index is 245. The van der Waals surface area contributed by atoms with Crippen LogP contribution in [0.25, 0.3) is 0 Å². The number of hydrogen-bond acceptors (Lipinski definition) is 3. The lowest BCUT2D eigenvalue weighted by Gasteiger charge is -2.23. The van der Waals surface area contributed by atoms with E-state index in [1.807, 2.05) is 0 Å². The summed E-state index contributed by atoms with van der Waals surface area (Å²) < 4.78 is 5.23. The highest BCUT2D eigenvalue weighted by atomic mass is 16.5. The summed E-state index contributed by atoms with van der Waals surface area (Å²) >= 11 is 0. The van der Waals surface area contributed by atoms with Crippen molar-refractivity contribution < 1.29 is 14.3 Å². The lowest BCUT2D eigenvalue weighted by molar-refractivity contribution is -0.133. The predicted octanol–water partition coefficient (Wildman–Crippen LogP) is 2.52. The summed E-state index contributed by atoms with van der Waals surface area (Å²) in [6.07, 6.45) is 7.34. The van der Waals surface area contributed by atoms with Crippen LogP contribution < -0.4 is 0 Å². The summed E-state index contributed by atoms with van der Waals surface area (Å²) in [7, 11) is 0. The van der Waals surface area contributed by atoms with Crippen molar-refractivity contribution in [1.29, 1.82) is 0 Å². The van der Waals surface area contributed by atoms with Crippen LogP contribution in [0.1, 0.15) is 51.4 Å². The summed E-state index contributed by atoms with van der Waals surface area (Å²) in [4.78, 5) is 24.0. The van der Waals surface area contributed by atoms with Gasteiger partial charge in [-0.15, -0.1) is 0 Å². The van der Waals surface area contributed by atoms with E-state index < -0.39 is 0 Å². The molecule has 0 bridgehead atoms. The molecular formula is C14H22O3. The van der Waals surface area contributed by atoms with E-state index >= 15 is 0 Å². The van der Waals surface area contributed by atoms with Crippen LogP contribution in [-0.4, -0.2) is 24.8 Å². The molecule has 1 saturated heterocycles. The van der Waals surface area contributed by atoms with Gasteiger partial charge in [0.1, 0.15) is 11.6 Å². The van der Waals surface area contributed by atoms with E-state index in [1.54, 1.807) is 0 Å². The number of ketones is 2. The first-order chi connectivity index (χ1) is 8.27. The molecule has 0 radical (unpaired) electrons. The zero-order valence-corrected chi connectivity index (χ0v) is 10.5. The first kappa shape index (κ1) is 12.7. The molecule has 0 N–H and O–H groups in total. The van der Waals surface area contributed by atoms with Crippen molar-refractivity contribution in [2.75, 3.05) is 13.2 Å². The lowest BCUT2D eigenvalue weighted by atomic mass is 9.82. The maximum absolute atomic E-state index is 12.0. The molecule has 0 unspecified atom stereocenters. The minimum Gasteiger partial charge on any atom is -0.381 e. The molecule has 1 aliphatic heterocycles. The fraction of sp³-hybridized carbons (Fsp3) is 0.857. The molecule has 0 atom stereocenters. The van der Waals surface area contributed by atoms with Crippen molar-refractivity contribution in [1.82, 2.24) is 0 Å². The summed E-state index contributed by atoms with van der Waals surface area (Å²) in [6, 6.07) is 0. The van der Waals surface area contributed by atoms with Crippen molar-refractivity contribution in [3.63, 3.8) is 0 Å². The second-order valence-corrected chi connectivity index (χ2v) is 5.33. The maximum atomic E-state index is 12.0. The molecule has 2 rings (SSSR count). The third-order valence-electron chi connectivity index (χ3n) is 4.09. The van der Waals surface area contributed by atoms with Gasteiger partial charge in [0, 0.05) is 25.0 Å². The van der Waals surface area contributed by atoms with Crippen molar-refractivity contribution in [2.24, 2.45) is 11.8 Å². The monoisotopic (exact) mass is 238 g/mol.